The zero-order valence-electron chi connectivity index (χ0n) is 21.3. The Morgan fingerprint density at radius 1 is 1.24 bits per heavy atom. The molecule has 1 fully saturated rings. The Labute approximate surface area is 215 Å². The van der Waals surface area contributed by atoms with E-state index in [0.717, 1.165) is 27.7 Å². The highest BCUT2D eigenvalue weighted by molar-refractivity contribution is 5.95. The van der Waals surface area contributed by atoms with Crippen LogP contribution in [0.25, 0.3) is 10.9 Å². The van der Waals surface area contributed by atoms with Crippen molar-refractivity contribution in [2.24, 2.45) is 0 Å². The molecule has 1 saturated heterocycles. The lowest BCUT2D eigenvalue weighted by Crippen LogP contribution is -2.64. The van der Waals surface area contributed by atoms with Crippen molar-refractivity contribution in [1.82, 2.24) is 20.5 Å². The zero-order valence-corrected chi connectivity index (χ0v) is 21.3. The number of aryl methyl sites for hydroxylation is 1. The quantitative estimate of drug-likeness (QED) is 0.360. The van der Waals surface area contributed by atoms with Crippen LogP contribution in [0.5, 0.6) is 5.75 Å². The zero-order chi connectivity index (χ0) is 26.6. The van der Waals surface area contributed by atoms with Crippen LogP contribution in [0.3, 0.4) is 0 Å². The summed E-state index contributed by atoms with van der Waals surface area (Å²) in [5.41, 5.74) is 1.49. The Morgan fingerprint density at radius 2 is 1.97 bits per heavy atom. The first kappa shape index (κ1) is 26.2. The number of pyridine rings is 1. The van der Waals surface area contributed by atoms with E-state index in [1.54, 1.807) is 4.90 Å². The first-order chi connectivity index (χ1) is 17.8. The van der Waals surface area contributed by atoms with Crippen LogP contribution in [0.1, 0.15) is 30.2 Å². The fraction of sp³-hybridized carbons (Fsp3) is 0.357. The van der Waals surface area contributed by atoms with E-state index < -0.39 is 23.5 Å². The van der Waals surface area contributed by atoms with E-state index in [2.05, 4.69) is 15.6 Å². The molecule has 194 valence electrons. The predicted molar refractivity (Wildman–Crippen MR) is 139 cm³/mol. The standard InChI is InChI=1S/C28H32N4O5/c1-19-14-20(23-6-4-5-7-24(23)31-19)15-37-22-10-8-21(9-11-22)27(2)12-13-32(26(27)36)16-28(17-33,29-3)25(35)30-18-34/h4-11,14,18,29,33H,12-13,15-17H2,1-3H3,(H,30,34,35). The molecule has 9 heteroatoms. The molecular weight excluding hydrogens is 472 g/mol. The Hall–Kier alpha value is -3.82. The monoisotopic (exact) mass is 504 g/mol. The molecule has 3 amide bonds. The number of benzene rings is 2. The van der Waals surface area contributed by atoms with Crippen molar-refractivity contribution in [2.45, 2.75) is 37.8 Å². The summed E-state index contributed by atoms with van der Waals surface area (Å²) < 4.78 is 6.07. The van der Waals surface area contributed by atoms with Crippen LogP contribution in [-0.4, -0.2) is 65.5 Å². The van der Waals surface area contributed by atoms with Crippen molar-refractivity contribution in [1.29, 1.82) is 0 Å². The number of ether oxygens (including phenoxy) is 1. The number of para-hydroxylation sites is 1. The second kappa shape index (κ2) is 10.7. The summed E-state index contributed by atoms with van der Waals surface area (Å²) in [5, 5.41) is 15.8. The molecule has 0 spiro atoms. The number of hydrogen-bond donors (Lipinski definition) is 3. The number of nitrogens with zero attached hydrogens (tertiary/aromatic N) is 2. The Balaban J connectivity index is 1.47. The number of hydrogen-bond acceptors (Lipinski definition) is 7. The fourth-order valence-electron chi connectivity index (χ4n) is 4.91. The highest BCUT2D eigenvalue weighted by Crippen LogP contribution is 2.37. The van der Waals surface area contributed by atoms with Gasteiger partial charge in [0.05, 0.1) is 24.1 Å². The first-order valence-corrected chi connectivity index (χ1v) is 12.2. The summed E-state index contributed by atoms with van der Waals surface area (Å²) in [6.07, 6.45) is 0.816. The van der Waals surface area contributed by atoms with Gasteiger partial charge < -0.3 is 20.1 Å². The maximum absolute atomic E-state index is 13.4. The summed E-state index contributed by atoms with van der Waals surface area (Å²) in [4.78, 5) is 42.8. The van der Waals surface area contributed by atoms with Crippen LogP contribution in [0.4, 0.5) is 0 Å². The normalized spacial score (nSPS) is 19.0. The minimum absolute atomic E-state index is 0.0609. The number of nitrogens with one attached hydrogen (secondary N) is 2. The van der Waals surface area contributed by atoms with Gasteiger partial charge >= 0.3 is 0 Å². The van der Waals surface area contributed by atoms with Gasteiger partial charge in [-0.3, -0.25) is 24.7 Å². The third-order valence-corrected chi connectivity index (χ3v) is 7.29. The topological polar surface area (TPSA) is 121 Å². The molecule has 37 heavy (non-hydrogen) atoms. The van der Waals surface area contributed by atoms with Gasteiger partial charge in [0.1, 0.15) is 17.9 Å². The number of aliphatic hydroxyl groups is 1. The van der Waals surface area contributed by atoms with Crippen molar-refractivity contribution >= 4 is 29.1 Å². The molecule has 0 radical (unpaired) electrons. The van der Waals surface area contributed by atoms with Crippen molar-refractivity contribution in [3.05, 3.63) is 71.4 Å². The van der Waals surface area contributed by atoms with E-state index in [9.17, 15) is 19.5 Å². The van der Waals surface area contributed by atoms with Gasteiger partial charge in [0.25, 0.3) is 5.91 Å². The van der Waals surface area contributed by atoms with Gasteiger partial charge in [-0.2, -0.15) is 0 Å². The number of aliphatic hydroxyl groups excluding tert-OH is 1. The van der Waals surface area contributed by atoms with Crippen molar-refractivity contribution < 1.29 is 24.2 Å². The number of carbonyl (C=O) groups excluding carboxylic acids is 3. The van der Waals surface area contributed by atoms with Gasteiger partial charge in [0.15, 0.2) is 0 Å². The number of imide groups is 1. The average Bonchev–Trinajstić information content (AvgIpc) is 3.20. The summed E-state index contributed by atoms with van der Waals surface area (Å²) in [5.74, 6) is -0.146. The SMILES string of the molecule is CNC(CO)(CN1CCC(C)(c2ccc(OCc3cc(C)nc4ccccc34)cc2)C1=O)C(=O)NC=O. The Morgan fingerprint density at radius 3 is 2.65 bits per heavy atom. The molecular formula is C28H32N4O5. The smallest absolute Gasteiger partial charge is 0.250 e. The molecule has 2 aromatic carbocycles. The number of carbonyl (C=O) groups is 3. The molecule has 1 aromatic heterocycles. The van der Waals surface area contributed by atoms with E-state index in [1.807, 2.05) is 68.4 Å². The summed E-state index contributed by atoms with van der Waals surface area (Å²) >= 11 is 0. The number of likely N-dealkylation sites (N-methyl/N-ethyl adjacent to an activating group) is 1. The maximum atomic E-state index is 13.4. The van der Waals surface area contributed by atoms with Crippen molar-refractivity contribution in [3.63, 3.8) is 0 Å². The van der Waals surface area contributed by atoms with Gasteiger partial charge in [-0.1, -0.05) is 30.3 Å². The summed E-state index contributed by atoms with van der Waals surface area (Å²) in [6, 6.07) is 17.5. The van der Waals surface area contributed by atoms with Gasteiger partial charge in [0, 0.05) is 23.2 Å². The second-order valence-electron chi connectivity index (χ2n) is 9.64. The van der Waals surface area contributed by atoms with Crippen molar-refractivity contribution in [2.75, 3.05) is 26.7 Å². The highest BCUT2D eigenvalue weighted by Gasteiger charge is 2.48. The summed E-state index contributed by atoms with van der Waals surface area (Å²) in [7, 11) is 1.51. The van der Waals surface area contributed by atoms with Crippen molar-refractivity contribution in [3.8, 4) is 5.75 Å². The molecule has 2 heterocycles. The van der Waals surface area contributed by atoms with E-state index in [0.29, 0.717) is 25.3 Å². The molecule has 1 aliphatic rings. The van der Waals surface area contributed by atoms with Gasteiger partial charge in [-0.15, -0.1) is 0 Å². The molecule has 9 nitrogen and oxygen atoms in total. The molecule has 0 aliphatic carbocycles. The lowest BCUT2D eigenvalue weighted by Gasteiger charge is -2.34. The number of likely N-dealkylation sites (tertiary alicyclic amines) is 1. The van der Waals surface area contributed by atoms with Crippen LogP contribution in [0.2, 0.25) is 0 Å². The predicted octanol–water partition coefficient (Wildman–Crippen LogP) is 1.84. The lowest BCUT2D eigenvalue weighted by molar-refractivity contribution is -0.137. The average molecular weight is 505 g/mol. The molecule has 4 rings (SSSR count). The third-order valence-electron chi connectivity index (χ3n) is 7.29. The first-order valence-electron chi connectivity index (χ1n) is 12.2. The van der Waals surface area contributed by atoms with Gasteiger partial charge in [0.2, 0.25) is 12.3 Å². The molecule has 3 N–H and O–H groups in total. The van der Waals surface area contributed by atoms with E-state index >= 15 is 0 Å². The number of aromatic nitrogens is 1. The lowest BCUT2D eigenvalue weighted by atomic mass is 9.81. The second-order valence-corrected chi connectivity index (χ2v) is 9.64. The highest BCUT2D eigenvalue weighted by atomic mass is 16.5. The van der Waals surface area contributed by atoms with Crippen LogP contribution >= 0.6 is 0 Å². The maximum Gasteiger partial charge on any atom is 0.250 e. The van der Waals surface area contributed by atoms with Crippen LogP contribution in [0, 0.1) is 6.92 Å². The number of amides is 3. The fourth-order valence-corrected chi connectivity index (χ4v) is 4.91. The van der Waals surface area contributed by atoms with E-state index in [-0.39, 0.29) is 18.9 Å². The Kier molecular flexibility index (Phi) is 7.56. The van der Waals surface area contributed by atoms with Crippen LogP contribution in [0.15, 0.2) is 54.6 Å². The van der Waals surface area contributed by atoms with Crippen LogP contribution < -0.4 is 15.4 Å². The van der Waals surface area contributed by atoms with E-state index in [4.69, 9.17) is 4.74 Å². The molecule has 3 aromatic rings. The van der Waals surface area contributed by atoms with E-state index in [1.165, 1.54) is 7.05 Å². The minimum Gasteiger partial charge on any atom is -0.489 e. The van der Waals surface area contributed by atoms with Gasteiger partial charge in [-0.25, -0.2) is 0 Å². The third kappa shape index (κ3) is 5.05. The Bertz CT molecular complexity index is 1310. The van der Waals surface area contributed by atoms with Crippen LogP contribution in [-0.2, 0) is 26.4 Å². The minimum atomic E-state index is -1.48. The number of fused-ring (bicyclic) bond motifs is 1. The molecule has 0 bridgehead atoms. The number of rotatable bonds is 10. The molecule has 1 aliphatic heterocycles. The summed E-state index contributed by atoms with van der Waals surface area (Å²) in [6.45, 7) is 4.02. The largest absolute Gasteiger partial charge is 0.489 e. The molecule has 0 saturated carbocycles. The van der Waals surface area contributed by atoms with Gasteiger partial charge in [-0.05, 0) is 57.1 Å². The molecule has 2 atom stereocenters. The molecule has 2 unspecified atom stereocenters.